The number of halogens is 1. The molecule has 11 nitrogen and oxygen atoms in total. The van der Waals surface area contributed by atoms with Gasteiger partial charge in [0.1, 0.15) is 27.8 Å². The van der Waals surface area contributed by atoms with Gasteiger partial charge in [-0.15, -0.1) is 11.8 Å². The van der Waals surface area contributed by atoms with Crippen molar-refractivity contribution in [1.29, 1.82) is 0 Å². The van der Waals surface area contributed by atoms with Gasteiger partial charge in [0, 0.05) is 52.8 Å². The van der Waals surface area contributed by atoms with E-state index < -0.39 is 52.7 Å². The molecular weight excluding hydrogens is 716 g/mol. The lowest BCUT2D eigenvalue weighted by atomic mass is 9.96. The smallest absolute Gasteiger partial charge is 0.225 e. The first kappa shape index (κ1) is 39.5. The van der Waals surface area contributed by atoms with Crippen molar-refractivity contribution >= 4 is 39.1 Å². The Morgan fingerprint density at radius 3 is 2.53 bits per heavy atom. The number of amides is 1. The molecule has 1 aromatic heterocycles. The van der Waals surface area contributed by atoms with Crippen LogP contribution in [0.4, 0.5) is 0 Å². The van der Waals surface area contributed by atoms with E-state index in [9.17, 15) is 28.5 Å². The summed E-state index contributed by atoms with van der Waals surface area (Å²) in [6, 6.07) is 16.0. The first-order valence-electron chi connectivity index (χ1n) is 17.3. The fraction of sp³-hybridized carbons (Fsp3) is 0.514. The maximum atomic E-state index is 12.9. The Hall–Kier alpha value is -2.75. The van der Waals surface area contributed by atoms with Crippen molar-refractivity contribution in [2.75, 3.05) is 37.5 Å². The van der Waals surface area contributed by atoms with Gasteiger partial charge in [0.2, 0.25) is 5.91 Å². The van der Waals surface area contributed by atoms with Crippen molar-refractivity contribution < 1.29 is 43.1 Å². The summed E-state index contributed by atoms with van der Waals surface area (Å²) in [5, 5.41) is 39.3. The number of nitrogens with zero attached hydrogens (tertiary/aromatic N) is 2. The monoisotopic (exact) mass is 762 g/mol. The van der Waals surface area contributed by atoms with Gasteiger partial charge in [0.05, 0.1) is 43.2 Å². The summed E-state index contributed by atoms with van der Waals surface area (Å²) in [7, 11) is -3.35. The number of sulfone groups is 1. The van der Waals surface area contributed by atoms with Gasteiger partial charge in [-0.3, -0.25) is 9.78 Å². The largest absolute Gasteiger partial charge is 0.490 e. The van der Waals surface area contributed by atoms with Crippen LogP contribution in [0.1, 0.15) is 56.1 Å². The lowest BCUT2D eigenvalue weighted by Gasteiger charge is -2.26. The van der Waals surface area contributed by atoms with Crippen molar-refractivity contribution in [3.05, 3.63) is 77.1 Å². The normalized spacial score (nSPS) is 17.1. The molecule has 5 rings (SSSR count). The van der Waals surface area contributed by atoms with Crippen LogP contribution in [0.2, 0.25) is 5.02 Å². The molecular formula is C37H47ClN2O9S2. The minimum Gasteiger partial charge on any atom is -0.490 e. The Labute approximate surface area is 308 Å². The predicted molar refractivity (Wildman–Crippen MR) is 196 cm³/mol. The fourth-order valence-electron chi connectivity index (χ4n) is 5.75. The van der Waals surface area contributed by atoms with Crippen molar-refractivity contribution in [3.63, 3.8) is 0 Å². The highest BCUT2D eigenvalue weighted by molar-refractivity contribution is 7.99. The first-order chi connectivity index (χ1) is 24.4. The van der Waals surface area contributed by atoms with Gasteiger partial charge in [-0.25, -0.2) is 8.42 Å². The SMILES string of the molecule is CS(=O)(=O)CCN(CCCCSc1ccc(Cl)c(COC2(c3cnccc3-c3ccccc3OC3CC3)CC2)c1)C(=O)CC(O)C(O)C(O)CO. The number of aromatic nitrogens is 1. The molecule has 2 saturated carbocycles. The van der Waals surface area contributed by atoms with E-state index in [1.165, 1.54) is 4.90 Å². The number of benzene rings is 2. The van der Waals surface area contributed by atoms with Crippen LogP contribution >= 0.6 is 23.4 Å². The van der Waals surface area contributed by atoms with Crippen LogP contribution in [0.3, 0.4) is 0 Å². The van der Waals surface area contributed by atoms with Gasteiger partial charge < -0.3 is 34.8 Å². The lowest BCUT2D eigenvalue weighted by Crippen LogP contribution is -2.44. The third kappa shape index (κ3) is 11.4. The van der Waals surface area contributed by atoms with E-state index in [1.807, 2.05) is 48.7 Å². The quantitative estimate of drug-likeness (QED) is 0.0900. The van der Waals surface area contributed by atoms with Crippen LogP contribution in [0, 0.1) is 0 Å². The van der Waals surface area contributed by atoms with Crippen molar-refractivity contribution in [1.82, 2.24) is 9.88 Å². The molecule has 3 aromatic rings. The number of hydrogen-bond acceptors (Lipinski definition) is 11. The zero-order chi connectivity index (χ0) is 36.6. The molecule has 3 atom stereocenters. The number of aliphatic hydroxyl groups excluding tert-OH is 4. The van der Waals surface area contributed by atoms with Gasteiger partial charge >= 0.3 is 0 Å². The zero-order valence-electron chi connectivity index (χ0n) is 28.7. The molecule has 51 heavy (non-hydrogen) atoms. The molecule has 2 aromatic carbocycles. The highest BCUT2D eigenvalue weighted by atomic mass is 35.5. The van der Waals surface area contributed by atoms with Gasteiger partial charge in [-0.1, -0.05) is 29.8 Å². The maximum absolute atomic E-state index is 12.9. The summed E-state index contributed by atoms with van der Waals surface area (Å²) in [6.07, 6.45) is 4.82. The standard InChI is InChI=1S/C37H47ClN2O9S2/c1-51(46,47)19-17-40(35(44)21-32(42)36(45)33(43)23-41)16-4-5-18-50-27-10-11-31(38)25(20-27)24-48-37(13-14-37)30-22-39-15-12-28(30)29-6-2-3-7-34(29)49-26-8-9-26/h2-3,6-7,10-12,15,20,22,26,32-33,36,41-43,45H,4-5,8-9,13-14,16-19,21,23-24H2,1H3. The third-order valence-corrected chi connectivity index (χ3v) is 11.4. The highest BCUT2D eigenvalue weighted by Crippen LogP contribution is 2.53. The average Bonchev–Trinajstić information content (AvgIpc) is 4.06. The molecule has 0 bridgehead atoms. The molecule has 0 aliphatic heterocycles. The van der Waals surface area contributed by atoms with Crippen molar-refractivity contribution in [2.45, 2.75) is 86.5 Å². The molecule has 4 N–H and O–H groups in total. The van der Waals surface area contributed by atoms with E-state index in [1.54, 1.807) is 18.0 Å². The van der Waals surface area contributed by atoms with Gasteiger partial charge in [-0.2, -0.15) is 0 Å². The number of hydrogen-bond donors (Lipinski definition) is 4. The number of aliphatic hydroxyl groups is 4. The molecule has 2 fully saturated rings. The summed E-state index contributed by atoms with van der Waals surface area (Å²) in [4.78, 5) is 19.7. The highest BCUT2D eigenvalue weighted by Gasteiger charge is 2.48. The Morgan fingerprint density at radius 1 is 1.06 bits per heavy atom. The van der Waals surface area contributed by atoms with Crippen LogP contribution < -0.4 is 4.74 Å². The summed E-state index contributed by atoms with van der Waals surface area (Å²) < 4.78 is 36.4. The Kier molecular flexibility index (Phi) is 13.8. The molecule has 2 aliphatic rings. The Balaban J connectivity index is 1.15. The van der Waals surface area contributed by atoms with Crippen LogP contribution in [-0.4, -0.2) is 107 Å². The van der Waals surface area contributed by atoms with E-state index in [4.69, 9.17) is 26.2 Å². The van der Waals surface area contributed by atoms with E-state index in [2.05, 4.69) is 11.1 Å². The first-order valence-corrected chi connectivity index (χ1v) is 20.7. The molecule has 0 spiro atoms. The molecule has 2 aliphatic carbocycles. The van der Waals surface area contributed by atoms with Crippen molar-refractivity contribution in [2.24, 2.45) is 0 Å². The average molecular weight is 763 g/mol. The number of rotatable bonds is 21. The third-order valence-electron chi connectivity index (χ3n) is 9.07. The minimum atomic E-state index is -3.35. The summed E-state index contributed by atoms with van der Waals surface area (Å²) >= 11 is 8.26. The number of carbonyl (C=O) groups excluding carboxylic acids is 1. The number of pyridine rings is 1. The van der Waals surface area contributed by atoms with E-state index in [0.717, 1.165) is 77.0 Å². The molecule has 3 unspecified atom stereocenters. The molecule has 0 saturated heterocycles. The number of thioether (sulfide) groups is 1. The zero-order valence-corrected chi connectivity index (χ0v) is 31.1. The molecule has 1 amide bonds. The topological polar surface area (TPSA) is 167 Å². The number of carbonyl (C=O) groups is 1. The fourth-order valence-corrected chi connectivity index (χ4v) is 7.45. The second kappa shape index (κ2) is 17.8. The van der Waals surface area contributed by atoms with Crippen LogP contribution in [0.15, 0.2) is 65.8 Å². The van der Waals surface area contributed by atoms with Crippen LogP contribution in [0.25, 0.3) is 11.1 Å². The molecule has 0 radical (unpaired) electrons. The number of para-hydroxylation sites is 1. The second-order valence-corrected chi connectivity index (χ2v) is 17.2. The Bertz CT molecular complexity index is 1740. The number of unbranched alkanes of at least 4 members (excludes halogenated alkanes) is 1. The van der Waals surface area contributed by atoms with E-state index in [-0.39, 0.29) is 24.9 Å². The minimum absolute atomic E-state index is 0.0560. The van der Waals surface area contributed by atoms with Crippen LogP contribution in [0.5, 0.6) is 5.75 Å². The molecule has 14 heteroatoms. The molecule has 1 heterocycles. The molecule has 278 valence electrons. The maximum Gasteiger partial charge on any atom is 0.225 e. The lowest BCUT2D eigenvalue weighted by molar-refractivity contribution is -0.137. The van der Waals surface area contributed by atoms with Gasteiger partial charge in [-0.05, 0) is 85.7 Å². The van der Waals surface area contributed by atoms with Crippen molar-refractivity contribution in [3.8, 4) is 16.9 Å². The van der Waals surface area contributed by atoms with Crippen LogP contribution in [-0.2, 0) is 31.6 Å². The Morgan fingerprint density at radius 2 is 1.82 bits per heavy atom. The summed E-state index contributed by atoms with van der Waals surface area (Å²) in [6.45, 7) is -0.243. The second-order valence-electron chi connectivity index (χ2n) is 13.3. The summed E-state index contributed by atoms with van der Waals surface area (Å²) in [5.41, 5.74) is 3.54. The predicted octanol–water partition coefficient (Wildman–Crippen LogP) is 4.36. The summed E-state index contributed by atoms with van der Waals surface area (Å²) in [5.74, 6) is 0.809. The van der Waals surface area contributed by atoms with E-state index >= 15 is 0 Å². The van der Waals surface area contributed by atoms with E-state index in [0.29, 0.717) is 18.1 Å². The van der Waals surface area contributed by atoms with Gasteiger partial charge in [0.25, 0.3) is 0 Å². The van der Waals surface area contributed by atoms with Gasteiger partial charge in [0.15, 0.2) is 0 Å². The number of ether oxygens (including phenoxy) is 2.